The molecule has 0 heterocycles. The molecule has 5 heteroatoms. The summed E-state index contributed by atoms with van der Waals surface area (Å²) in [6, 6.07) is 6.64. The van der Waals surface area contributed by atoms with Crippen molar-refractivity contribution in [2.24, 2.45) is 0 Å². The van der Waals surface area contributed by atoms with Crippen LogP contribution in [0.2, 0.25) is 0 Å². The minimum absolute atomic E-state index is 0.0286. The van der Waals surface area contributed by atoms with E-state index in [0.29, 0.717) is 17.3 Å². The number of hydrogen-bond acceptors (Lipinski definition) is 4. The molecule has 2 rings (SSSR count). The standard InChI is InChI=1S/C10H9N3O2/c11-6-7-1-4-10(13(14)15)9(5-7)12-8-2-3-8/h1,4-5,8,12H,2-3H2. The highest BCUT2D eigenvalue weighted by atomic mass is 16.6. The third-order valence-corrected chi connectivity index (χ3v) is 2.26. The van der Waals surface area contributed by atoms with Gasteiger partial charge in [-0.1, -0.05) is 0 Å². The number of benzene rings is 1. The number of nitro groups is 1. The molecule has 0 unspecified atom stereocenters. The van der Waals surface area contributed by atoms with Crippen LogP contribution >= 0.6 is 0 Å². The molecule has 0 amide bonds. The van der Waals surface area contributed by atoms with E-state index in [-0.39, 0.29) is 5.69 Å². The monoisotopic (exact) mass is 203 g/mol. The lowest BCUT2D eigenvalue weighted by atomic mass is 10.2. The molecular weight excluding hydrogens is 194 g/mol. The van der Waals surface area contributed by atoms with Gasteiger partial charge in [0.1, 0.15) is 5.69 Å². The summed E-state index contributed by atoms with van der Waals surface area (Å²) < 4.78 is 0. The molecule has 0 radical (unpaired) electrons. The fraction of sp³-hybridized carbons (Fsp3) is 0.300. The van der Waals surface area contributed by atoms with Crippen LogP contribution in [0.3, 0.4) is 0 Å². The van der Waals surface area contributed by atoms with Gasteiger partial charge in [0.25, 0.3) is 5.69 Å². The zero-order chi connectivity index (χ0) is 10.8. The Labute approximate surface area is 86.5 Å². The summed E-state index contributed by atoms with van der Waals surface area (Å²) in [5.74, 6) is 0. The molecule has 15 heavy (non-hydrogen) atoms. The maximum Gasteiger partial charge on any atom is 0.292 e. The number of nitro benzene ring substituents is 1. The molecule has 0 bridgehead atoms. The third kappa shape index (κ3) is 2.05. The highest BCUT2D eigenvalue weighted by Crippen LogP contribution is 2.31. The smallest absolute Gasteiger partial charge is 0.292 e. The zero-order valence-electron chi connectivity index (χ0n) is 7.93. The first-order valence-corrected chi connectivity index (χ1v) is 4.66. The second-order valence-corrected chi connectivity index (χ2v) is 3.52. The average Bonchev–Trinajstić information content (AvgIpc) is 3.01. The van der Waals surface area contributed by atoms with Crippen LogP contribution in [-0.4, -0.2) is 11.0 Å². The van der Waals surface area contributed by atoms with E-state index in [9.17, 15) is 10.1 Å². The van der Waals surface area contributed by atoms with Gasteiger partial charge in [0, 0.05) is 12.1 Å². The molecule has 1 aliphatic carbocycles. The van der Waals surface area contributed by atoms with E-state index in [4.69, 9.17) is 5.26 Å². The lowest BCUT2D eigenvalue weighted by Gasteiger charge is -2.05. The minimum Gasteiger partial charge on any atom is -0.377 e. The number of anilines is 1. The maximum absolute atomic E-state index is 10.7. The van der Waals surface area contributed by atoms with Gasteiger partial charge in [-0.15, -0.1) is 0 Å². The lowest BCUT2D eigenvalue weighted by Crippen LogP contribution is -2.04. The maximum atomic E-state index is 10.7. The number of nitrogens with zero attached hydrogens (tertiary/aromatic N) is 2. The van der Waals surface area contributed by atoms with Crippen LogP contribution in [-0.2, 0) is 0 Å². The molecule has 5 nitrogen and oxygen atoms in total. The number of rotatable bonds is 3. The molecule has 1 aromatic rings. The first kappa shape index (κ1) is 9.46. The predicted octanol–water partition coefficient (Wildman–Crippen LogP) is 2.04. The van der Waals surface area contributed by atoms with Crippen molar-refractivity contribution in [1.29, 1.82) is 5.26 Å². The largest absolute Gasteiger partial charge is 0.377 e. The van der Waals surface area contributed by atoms with Crippen LogP contribution in [0.4, 0.5) is 11.4 Å². The van der Waals surface area contributed by atoms with Crippen LogP contribution in [0.1, 0.15) is 18.4 Å². The average molecular weight is 203 g/mol. The molecule has 0 spiro atoms. The summed E-state index contributed by atoms with van der Waals surface area (Å²) >= 11 is 0. The second kappa shape index (κ2) is 3.58. The Morgan fingerprint density at radius 1 is 1.53 bits per heavy atom. The van der Waals surface area contributed by atoms with Crippen LogP contribution in [0, 0.1) is 21.4 Å². The lowest BCUT2D eigenvalue weighted by molar-refractivity contribution is -0.384. The Kier molecular flexibility index (Phi) is 2.26. The second-order valence-electron chi connectivity index (χ2n) is 3.52. The van der Waals surface area contributed by atoms with E-state index in [1.54, 1.807) is 0 Å². The number of nitriles is 1. The Hall–Kier alpha value is -2.09. The van der Waals surface area contributed by atoms with Gasteiger partial charge in [0.15, 0.2) is 0 Å². The Morgan fingerprint density at radius 3 is 2.80 bits per heavy atom. The molecule has 0 aromatic heterocycles. The molecular formula is C10H9N3O2. The van der Waals surface area contributed by atoms with E-state index in [2.05, 4.69) is 5.32 Å². The number of hydrogen-bond donors (Lipinski definition) is 1. The zero-order valence-corrected chi connectivity index (χ0v) is 7.93. The van der Waals surface area contributed by atoms with Gasteiger partial charge in [-0.2, -0.15) is 5.26 Å². The normalized spacial score (nSPS) is 14.3. The molecule has 0 aliphatic heterocycles. The van der Waals surface area contributed by atoms with Crippen molar-refractivity contribution < 1.29 is 4.92 Å². The summed E-state index contributed by atoms with van der Waals surface area (Å²) in [6.45, 7) is 0. The van der Waals surface area contributed by atoms with E-state index >= 15 is 0 Å². The van der Waals surface area contributed by atoms with Crippen molar-refractivity contribution >= 4 is 11.4 Å². The third-order valence-electron chi connectivity index (χ3n) is 2.26. The van der Waals surface area contributed by atoms with Crippen LogP contribution in [0.5, 0.6) is 0 Å². The fourth-order valence-electron chi connectivity index (χ4n) is 1.33. The Balaban J connectivity index is 2.36. The summed E-state index contributed by atoms with van der Waals surface area (Å²) in [5, 5.41) is 22.4. The number of nitrogens with one attached hydrogen (secondary N) is 1. The van der Waals surface area contributed by atoms with Crippen molar-refractivity contribution in [2.45, 2.75) is 18.9 Å². The molecule has 0 saturated heterocycles. The van der Waals surface area contributed by atoms with E-state index in [0.717, 1.165) is 12.8 Å². The highest BCUT2D eigenvalue weighted by molar-refractivity contribution is 5.65. The summed E-state index contributed by atoms with van der Waals surface area (Å²) in [6.07, 6.45) is 2.07. The summed E-state index contributed by atoms with van der Waals surface area (Å²) in [5.41, 5.74) is 0.909. The van der Waals surface area contributed by atoms with Gasteiger partial charge in [0.2, 0.25) is 0 Å². The van der Waals surface area contributed by atoms with Gasteiger partial charge in [-0.05, 0) is 25.0 Å². The molecule has 1 fully saturated rings. The minimum atomic E-state index is -0.439. The van der Waals surface area contributed by atoms with Gasteiger partial charge >= 0.3 is 0 Å². The van der Waals surface area contributed by atoms with E-state index in [1.165, 1.54) is 18.2 Å². The Morgan fingerprint density at radius 2 is 2.27 bits per heavy atom. The highest BCUT2D eigenvalue weighted by Gasteiger charge is 2.24. The van der Waals surface area contributed by atoms with Gasteiger partial charge < -0.3 is 5.32 Å². The fourth-order valence-corrected chi connectivity index (χ4v) is 1.33. The van der Waals surface area contributed by atoms with Crippen LogP contribution < -0.4 is 5.32 Å². The predicted molar refractivity (Wildman–Crippen MR) is 54.5 cm³/mol. The molecule has 76 valence electrons. The van der Waals surface area contributed by atoms with Crippen LogP contribution in [0.15, 0.2) is 18.2 Å². The van der Waals surface area contributed by atoms with Crippen molar-refractivity contribution in [1.82, 2.24) is 0 Å². The summed E-state index contributed by atoms with van der Waals surface area (Å²) in [4.78, 5) is 10.3. The first-order chi connectivity index (χ1) is 7.20. The van der Waals surface area contributed by atoms with Crippen LogP contribution in [0.25, 0.3) is 0 Å². The van der Waals surface area contributed by atoms with E-state index in [1.807, 2.05) is 6.07 Å². The first-order valence-electron chi connectivity index (χ1n) is 4.66. The SMILES string of the molecule is N#Cc1ccc([N+](=O)[O-])c(NC2CC2)c1. The molecule has 1 aliphatic rings. The molecule has 1 saturated carbocycles. The molecule has 0 atom stereocenters. The van der Waals surface area contributed by atoms with Crippen molar-refractivity contribution in [3.8, 4) is 6.07 Å². The van der Waals surface area contributed by atoms with Crippen molar-refractivity contribution in [2.75, 3.05) is 5.32 Å². The summed E-state index contributed by atoms with van der Waals surface area (Å²) in [7, 11) is 0. The molecule has 1 N–H and O–H groups in total. The van der Waals surface area contributed by atoms with Gasteiger partial charge in [-0.3, -0.25) is 10.1 Å². The van der Waals surface area contributed by atoms with Crippen molar-refractivity contribution in [3.05, 3.63) is 33.9 Å². The van der Waals surface area contributed by atoms with Gasteiger partial charge in [-0.25, -0.2) is 0 Å². The van der Waals surface area contributed by atoms with Gasteiger partial charge in [0.05, 0.1) is 16.6 Å². The topological polar surface area (TPSA) is 79.0 Å². The van der Waals surface area contributed by atoms with E-state index < -0.39 is 4.92 Å². The quantitative estimate of drug-likeness (QED) is 0.602. The molecule has 1 aromatic carbocycles. The Bertz CT molecular complexity index is 446. The van der Waals surface area contributed by atoms with Crippen molar-refractivity contribution in [3.63, 3.8) is 0 Å².